The number of anilines is 2. The lowest BCUT2D eigenvalue weighted by molar-refractivity contribution is 0.355. The van der Waals surface area contributed by atoms with Crippen LogP contribution >= 0.6 is 24.0 Å². The largest absolute Gasteiger partial charge is 0.493 e. The number of methoxy groups -OCH3 is 2. The molecule has 1 aromatic heterocycles. The molecule has 10 heteroatoms. The first kappa shape index (κ1) is 21.9. The van der Waals surface area contributed by atoms with Gasteiger partial charge in [0.15, 0.2) is 16.6 Å². The Morgan fingerprint density at radius 3 is 2.41 bits per heavy atom. The number of nitriles is 1. The minimum atomic E-state index is 0.644. The molecule has 1 saturated heterocycles. The quantitative estimate of drug-likeness (QED) is 0.341. The number of thiocyanates is 1. The van der Waals surface area contributed by atoms with E-state index in [9.17, 15) is 0 Å². The third-order valence-corrected chi connectivity index (χ3v) is 6.21. The van der Waals surface area contributed by atoms with Crippen LogP contribution in [0.15, 0.2) is 47.6 Å². The van der Waals surface area contributed by atoms with Crippen LogP contribution in [-0.2, 0) is 0 Å². The minimum absolute atomic E-state index is 0.644. The summed E-state index contributed by atoms with van der Waals surface area (Å²) in [6, 6.07) is 11.5. The second kappa shape index (κ2) is 9.89. The van der Waals surface area contributed by atoms with E-state index in [4.69, 9.17) is 27.0 Å². The molecule has 0 radical (unpaired) electrons. The Hall–Kier alpha value is -3.29. The summed E-state index contributed by atoms with van der Waals surface area (Å²) >= 11 is 6.75. The van der Waals surface area contributed by atoms with Crippen molar-refractivity contribution in [3.05, 3.63) is 42.7 Å². The van der Waals surface area contributed by atoms with E-state index in [1.807, 2.05) is 36.4 Å². The zero-order valence-electron chi connectivity index (χ0n) is 17.7. The van der Waals surface area contributed by atoms with Crippen LogP contribution in [0.3, 0.4) is 0 Å². The predicted octanol–water partition coefficient (Wildman–Crippen LogP) is 3.74. The first-order chi connectivity index (χ1) is 15.6. The van der Waals surface area contributed by atoms with Gasteiger partial charge in [-0.3, -0.25) is 0 Å². The molecule has 0 spiro atoms. The Morgan fingerprint density at radius 1 is 1.06 bits per heavy atom. The lowest BCUT2D eigenvalue weighted by Crippen LogP contribution is -2.50. The molecule has 1 N–H and O–H groups in total. The highest BCUT2D eigenvalue weighted by Gasteiger charge is 2.22. The molecule has 0 unspecified atom stereocenters. The van der Waals surface area contributed by atoms with Crippen molar-refractivity contribution in [2.24, 2.45) is 0 Å². The highest BCUT2D eigenvalue weighted by Crippen LogP contribution is 2.35. The monoisotopic (exact) mass is 466 g/mol. The van der Waals surface area contributed by atoms with Gasteiger partial charge in [-0.1, -0.05) is 0 Å². The number of aromatic nitrogens is 2. The number of ether oxygens (including phenoxy) is 2. The van der Waals surface area contributed by atoms with Gasteiger partial charge < -0.3 is 24.6 Å². The molecule has 3 aromatic rings. The Balaban J connectivity index is 1.44. The molecular formula is C22H22N6O2S2. The number of hydrogen-bond acceptors (Lipinski definition) is 8. The Labute approximate surface area is 196 Å². The average Bonchev–Trinajstić information content (AvgIpc) is 2.84. The zero-order chi connectivity index (χ0) is 22.5. The molecule has 0 amide bonds. The van der Waals surface area contributed by atoms with E-state index in [0.717, 1.165) is 65.2 Å². The fraction of sp³-hybridized carbons (Fsp3) is 0.273. The predicted molar refractivity (Wildman–Crippen MR) is 131 cm³/mol. The van der Waals surface area contributed by atoms with Crippen LogP contribution in [0.5, 0.6) is 11.5 Å². The summed E-state index contributed by atoms with van der Waals surface area (Å²) in [6.45, 7) is 3.10. The molecular weight excluding hydrogens is 444 g/mol. The normalized spacial score (nSPS) is 13.5. The van der Waals surface area contributed by atoms with E-state index in [-0.39, 0.29) is 0 Å². The molecule has 0 atom stereocenters. The van der Waals surface area contributed by atoms with E-state index in [1.165, 1.54) is 0 Å². The number of nitrogens with zero attached hydrogens (tertiary/aromatic N) is 5. The lowest BCUT2D eigenvalue weighted by Gasteiger charge is -2.37. The van der Waals surface area contributed by atoms with Crippen LogP contribution in [0, 0.1) is 10.7 Å². The van der Waals surface area contributed by atoms with Gasteiger partial charge in [0, 0.05) is 48.2 Å². The Bertz CT molecular complexity index is 1160. The van der Waals surface area contributed by atoms with Crippen molar-refractivity contribution in [1.29, 1.82) is 5.26 Å². The third-order valence-electron chi connectivity index (χ3n) is 5.26. The summed E-state index contributed by atoms with van der Waals surface area (Å²) in [4.78, 5) is 14.2. The van der Waals surface area contributed by atoms with Gasteiger partial charge in [0.25, 0.3) is 0 Å². The number of thiocarbonyl (C=S) groups is 1. The molecule has 4 rings (SSSR count). The summed E-state index contributed by atoms with van der Waals surface area (Å²) in [5.74, 6) is 2.17. The SMILES string of the molecule is COc1cc2ncnc(N3CCN(C(=S)Nc4ccc(SC#N)cc4)CC3)c2cc1OC. The average molecular weight is 467 g/mol. The number of fused-ring (bicyclic) bond motifs is 1. The van der Waals surface area contributed by atoms with Crippen LogP contribution in [0.1, 0.15) is 0 Å². The molecule has 0 saturated carbocycles. The number of piperazine rings is 1. The summed E-state index contributed by atoms with van der Waals surface area (Å²) < 4.78 is 10.9. The molecule has 8 nitrogen and oxygen atoms in total. The van der Waals surface area contributed by atoms with Crippen molar-refractivity contribution < 1.29 is 9.47 Å². The van der Waals surface area contributed by atoms with Crippen molar-refractivity contribution in [1.82, 2.24) is 14.9 Å². The van der Waals surface area contributed by atoms with E-state index >= 15 is 0 Å². The van der Waals surface area contributed by atoms with E-state index < -0.39 is 0 Å². The molecule has 0 bridgehead atoms. The second-order valence-corrected chi connectivity index (χ2v) is 8.29. The Kier molecular flexibility index (Phi) is 6.78. The highest BCUT2D eigenvalue weighted by atomic mass is 32.2. The molecule has 1 aliphatic heterocycles. The second-order valence-electron chi connectivity index (χ2n) is 7.04. The first-order valence-electron chi connectivity index (χ1n) is 9.96. The highest BCUT2D eigenvalue weighted by molar-refractivity contribution is 8.03. The molecule has 2 aromatic carbocycles. The van der Waals surface area contributed by atoms with Crippen molar-refractivity contribution in [3.63, 3.8) is 0 Å². The maximum Gasteiger partial charge on any atom is 0.173 e. The minimum Gasteiger partial charge on any atom is -0.493 e. The molecule has 1 aliphatic rings. The molecule has 0 aliphatic carbocycles. The summed E-state index contributed by atoms with van der Waals surface area (Å²) in [7, 11) is 3.23. The van der Waals surface area contributed by atoms with Gasteiger partial charge in [-0.25, -0.2) is 9.97 Å². The zero-order valence-corrected chi connectivity index (χ0v) is 19.4. The number of thioether (sulfide) groups is 1. The number of rotatable bonds is 5. The molecule has 1 fully saturated rings. The van der Waals surface area contributed by atoms with Crippen molar-refractivity contribution in [2.75, 3.05) is 50.6 Å². The van der Waals surface area contributed by atoms with Crippen LogP contribution < -0.4 is 19.7 Å². The summed E-state index contributed by atoms with van der Waals surface area (Å²) in [5, 5.41) is 15.7. The summed E-state index contributed by atoms with van der Waals surface area (Å²) in [5.41, 5.74) is 1.72. The lowest BCUT2D eigenvalue weighted by atomic mass is 10.2. The van der Waals surface area contributed by atoms with E-state index in [2.05, 4.69) is 30.5 Å². The van der Waals surface area contributed by atoms with Gasteiger partial charge >= 0.3 is 0 Å². The van der Waals surface area contributed by atoms with E-state index in [0.29, 0.717) is 16.6 Å². The van der Waals surface area contributed by atoms with Crippen molar-refractivity contribution >= 4 is 51.5 Å². The topological polar surface area (TPSA) is 86.5 Å². The van der Waals surface area contributed by atoms with Gasteiger partial charge in [0.2, 0.25) is 0 Å². The number of benzene rings is 2. The standard InChI is InChI=1S/C22H22N6O2S2/c1-29-19-11-17-18(12-20(19)30-2)24-14-25-21(17)27-7-9-28(10-8-27)22(31)26-15-3-5-16(6-4-15)32-13-23/h3-6,11-12,14H,7-10H2,1-2H3,(H,26,31). The van der Waals surface area contributed by atoms with E-state index in [1.54, 1.807) is 20.5 Å². The fourth-order valence-corrected chi connectivity index (χ4v) is 4.28. The number of nitrogens with one attached hydrogen (secondary N) is 1. The van der Waals surface area contributed by atoms with Crippen LogP contribution in [0.25, 0.3) is 10.9 Å². The van der Waals surface area contributed by atoms with Gasteiger partial charge in [-0.05, 0) is 54.3 Å². The maximum absolute atomic E-state index is 8.76. The maximum atomic E-state index is 8.76. The first-order valence-corrected chi connectivity index (χ1v) is 11.2. The molecule has 164 valence electrons. The van der Waals surface area contributed by atoms with Crippen LogP contribution in [0.2, 0.25) is 0 Å². The van der Waals surface area contributed by atoms with Crippen molar-refractivity contribution in [3.8, 4) is 16.9 Å². The molecule has 2 heterocycles. The van der Waals surface area contributed by atoms with Gasteiger partial charge in [-0.15, -0.1) is 0 Å². The summed E-state index contributed by atoms with van der Waals surface area (Å²) in [6.07, 6.45) is 1.58. The molecule has 32 heavy (non-hydrogen) atoms. The van der Waals surface area contributed by atoms with Gasteiger partial charge in [0.1, 0.15) is 17.5 Å². The van der Waals surface area contributed by atoms with Gasteiger partial charge in [0.05, 0.1) is 19.7 Å². The fourth-order valence-electron chi connectivity index (χ4n) is 3.60. The van der Waals surface area contributed by atoms with Crippen molar-refractivity contribution in [2.45, 2.75) is 4.90 Å². The Morgan fingerprint density at radius 2 is 1.75 bits per heavy atom. The van der Waals surface area contributed by atoms with Gasteiger partial charge in [-0.2, -0.15) is 5.26 Å². The third kappa shape index (κ3) is 4.64. The smallest absolute Gasteiger partial charge is 0.173 e. The van der Waals surface area contributed by atoms with Crippen LogP contribution in [0.4, 0.5) is 11.5 Å². The number of hydrogen-bond donors (Lipinski definition) is 1. The van der Waals surface area contributed by atoms with Crippen LogP contribution in [-0.4, -0.2) is 60.4 Å².